The van der Waals surface area contributed by atoms with Crippen LogP contribution in [0.15, 0.2) is 83.1 Å². The number of benzene rings is 3. The van der Waals surface area contributed by atoms with Gasteiger partial charge in [-0.1, -0.05) is 42.1 Å². The molecule has 0 saturated heterocycles. The van der Waals surface area contributed by atoms with Crippen LogP contribution in [0.3, 0.4) is 0 Å². The minimum absolute atomic E-state index is 0.0639. The number of aromatic hydroxyl groups is 1. The highest BCUT2D eigenvalue weighted by atomic mass is 32.2. The van der Waals surface area contributed by atoms with Gasteiger partial charge in [0.05, 0.1) is 25.7 Å². The van der Waals surface area contributed by atoms with Gasteiger partial charge in [-0.05, 0) is 49.4 Å². The van der Waals surface area contributed by atoms with Crippen LogP contribution in [0.25, 0.3) is 17.1 Å². The fourth-order valence-electron chi connectivity index (χ4n) is 3.48. The van der Waals surface area contributed by atoms with Crippen LogP contribution in [-0.4, -0.2) is 51.5 Å². The van der Waals surface area contributed by atoms with Crippen LogP contribution in [0.2, 0.25) is 0 Å². The number of hydrogen-bond acceptors (Lipinski definition) is 8. The van der Waals surface area contributed by atoms with E-state index >= 15 is 0 Å². The zero-order valence-electron chi connectivity index (χ0n) is 20.0. The average molecular weight is 504 g/mol. The zero-order chi connectivity index (χ0) is 25.5. The lowest BCUT2D eigenvalue weighted by Crippen LogP contribution is -2.21. The Kier molecular flexibility index (Phi) is 7.86. The Bertz CT molecular complexity index is 1390. The molecule has 0 fully saturated rings. The number of hydrazone groups is 1. The monoisotopic (exact) mass is 503 g/mol. The van der Waals surface area contributed by atoms with E-state index in [2.05, 4.69) is 20.7 Å². The lowest BCUT2D eigenvalue weighted by atomic mass is 10.1. The maximum atomic E-state index is 12.5. The summed E-state index contributed by atoms with van der Waals surface area (Å²) in [7, 11) is 3.16. The molecule has 10 heteroatoms. The molecule has 4 rings (SSSR count). The number of ether oxygens (including phenoxy) is 2. The fourth-order valence-corrected chi connectivity index (χ4v) is 4.23. The number of hydrogen-bond donors (Lipinski definition) is 2. The highest BCUT2D eigenvalue weighted by molar-refractivity contribution is 7.99. The summed E-state index contributed by atoms with van der Waals surface area (Å²) in [6.45, 7) is 1.71. The molecule has 0 aliphatic rings. The number of phenolic OH excluding ortho intramolecular Hbond substituents is 1. The van der Waals surface area contributed by atoms with Crippen LogP contribution in [-0.2, 0) is 4.79 Å². The molecule has 4 aromatic rings. The predicted molar refractivity (Wildman–Crippen MR) is 139 cm³/mol. The van der Waals surface area contributed by atoms with Crippen LogP contribution in [0, 0.1) is 0 Å². The number of phenols is 1. The maximum absolute atomic E-state index is 12.5. The number of methoxy groups -OCH3 is 2. The third-order valence-electron chi connectivity index (χ3n) is 5.26. The van der Waals surface area contributed by atoms with Crippen molar-refractivity contribution >= 4 is 23.4 Å². The number of para-hydroxylation sites is 2. The van der Waals surface area contributed by atoms with Gasteiger partial charge in [-0.15, -0.1) is 10.2 Å². The largest absolute Gasteiger partial charge is 0.507 e. The SMILES string of the molecule is COc1ccc(-c2nnc(SCC(=O)N/N=C(\C)c3ccccc3O)n2-c2ccccc2)cc1OC. The standard InChI is InChI=1S/C26H25N5O4S/c1-17(20-11-7-8-12-21(20)32)27-28-24(33)16-36-26-30-29-25(31(26)19-9-5-4-6-10-19)18-13-14-22(34-2)23(15-18)35-3/h4-15,32H,16H2,1-3H3,(H,28,33)/b27-17+. The Morgan fingerprint density at radius 2 is 1.72 bits per heavy atom. The first kappa shape index (κ1) is 24.8. The molecular weight excluding hydrogens is 478 g/mol. The number of carbonyl (C=O) groups excluding carboxylic acids is 1. The number of rotatable bonds is 9. The highest BCUT2D eigenvalue weighted by Crippen LogP contribution is 2.34. The molecule has 0 radical (unpaired) electrons. The van der Waals surface area contributed by atoms with Crippen molar-refractivity contribution in [1.29, 1.82) is 0 Å². The zero-order valence-corrected chi connectivity index (χ0v) is 20.8. The van der Waals surface area contributed by atoms with Crippen molar-refractivity contribution in [2.45, 2.75) is 12.1 Å². The average Bonchev–Trinajstić information content (AvgIpc) is 3.34. The summed E-state index contributed by atoms with van der Waals surface area (Å²) in [5.41, 5.74) is 5.21. The quantitative estimate of drug-likeness (QED) is 0.199. The summed E-state index contributed by atoms with van der Waals surface area (Å²) in [5, 5.41) is 23.4. The molecule has 1 heterocycles. The van der Waals surface area contributed by atoms with E-state index in [0.29, 0.717) is 33.8 Å². The Morgan fingerprint density at radius 1 is 1.00 bits per heavy atom. The molecule has 2 N–H and O–H groups in total. The van der Waals surface area contributed by atoms with E-state index in [-0.39, 0.29) is 17.4 Å². The molecule has 1 amide bonds. The van der Waals surface area contributed by atoms with Gasteiger partial charge in [0, 0.05) is 16.8 Å². The molecule has 184 valence electrons. The van der Waals surface area contributed by atoms with E-state index in [4.69, 9.17) is 9.47 Å². The van der Waals surface area contributed by atoms with Gasteiger partial charge in [0.1, 0.15) is 5.75 Å². The summed E-state index contributed by atoms with van der Waals surface area (Å²) >= 11 is 1.24. The number of carbonyl (C=O) groups is 1. The van der Waals surface area contributed by atoms with E-state index in [1.54, 1.807) is 45.4 Å². The number of nitrogens with zero attached hydrogens (tertiary/aromatic N) is 4. The molecule has 0 saturated carbocycles. The first-order valence-electron chi connectivity index (χ1n) is 11.0. The molecule has 1 aromatic heterocycles. The van der Waals surface area contributed by atoms with Gasteiger partial charge in [0.2, 0.25) is 0 Å². The van der Waals surface area contributed by atoms with E-state index in [9.17, 15) is 9.90 Å². The Labute approximate surface area is 212 Å². The van der Waals surface area contributed by atoms with Crippen molar-refractivity contribution in [2.75, 3.05) is 20.0 Å². The summed E-state index contributed by atoms with van der Waals surface area (Å²) in [5.74, 6) is 1.63. The van der Waals surface area contributed by atoms with Crippen LogP contribution < -0.4 is 14.9 Å². The van der Waals surface area contributed by atoms with Crippen LogP contribution in [0.4, 0.5) is 0 Å². The lowest BCUT2D eigenvalue weighted by Gasteiger charge is -2.12. The van der Waals surface area contributed by atoms with Crippen LogP contribution in [0.1, 0.15) is 12.5 Å². The number of thioether (sulfide) groups is 1. The number of nitrogens with one attached hydrogen (secondary N) is 1. The Balaban J connectivity index is 1.57. The maximum Gasteiger partial charge on any atom is 0.250 e. The van der Waals surface area contributed by atoms with Gasteiger partial charge in [0.25, 0.3) is 5.91 Å². The molecule has 0 spiro atoms. The van der Waals surface area contributed by atoms with Crippen molar-refractivity contribution in [2.24, 2.45) is 5.10 Å². The molecule has 0 aliphatic heterocycles. The summed E-state index contributed by atoms with van der Waals surface area (Å²) in [4.78, 5) is 12.5. The number of amides is 1. The second-order valence-electron chi connectivity index (χ2n) is 7.58. The molecular formula is C26H25N5O4S. The lowest BCUT2D eigenvalue weighted by molar-refractivity contribution is -0.118. The second kappa shape index (κ2) is 11.4. The van der Waals surface area contributed by atoms with E-state index < -0.39 is 0 Å². The van der Waals surface area contributed by atoms with Gasteiger partial charge < -0.3 is 14.6 Å². The fraction of sp³-hybridized carbons (Fsp3) is 0.154. The van der Waals surface area contributed by atoms with Crippen molar-refractivity contribution in [3.05, 3.63) is 78.4 Å². The van der Waals surface area contributed by atoms with Gasteiger partial charge in [-0.3, -0.25) is 9.36 Å². The van der Waals surface area contributed by atoms with Crippen molar-refractivity contribution < 1.29 is 19.4 Å². The van der Waals surface area contributed by atoms with Gasteiger partial charge in [-0.2, -0.15) is 5.10 Å². The third-order valence-corrected chi connectivity index (χ3v) is 6.19. The van der Waals surface area contributed by atoms with E-state index in [0.717, 1.165) is 11.3 Å². The molecule has 0 aliphatic carbocycles. The van der Waals surface area contributed by atoms with Crippen LogP contribution in [0.5, 0.6) is 17.2 Å². The van der Waals surface area contributed by atoms with Crippen LogP contribution >= 0.6 is 11.8 Å². The van der Waals surface area contributed by atoms with Gasteiger partial charge >= 0.3 is 0 Å². The number of aromatic nitrogens is 3. The molecule has 0 unspecified atom stereocenters. The summed E-state index contributed by atoms with van der Waals surface area (Å²) < 4.78 is 12.7. The highest BCUT2D eigenvalue weighted by Gasteiger charge is 2.19. The topological polar surface area (TPSA) is 111 Å². The van der Waals surface area contributed by atoms with Gasteiger partial charge in [-0.25, -0.2) is 5.43 Å². The normalized spacial score (nSPS) is 11.2. The van der Waals surface area contributed by atoms with E-state index in [1.165, 1.54) is 11.8 Å². The second-order valence-corrected chi connectivity index (χ2v) is 8.53. The van der Waals surface area contributed by atoms with Crippen molar-refractivity contribution in [3.63, 3.8) is 0 Å². The Morgan fingerprint density at radius 3 is 2.44 bits per heavy atom. The summed E-state index contributed by atoms with van der Waals surface area (Å²) in [6, 6.07) is 22.0. The van der Waals surface area contributed by atoms with Crippen molar-refractivity contribution in [3.8, 4) is 34.3 Å². The van der Waals surface area contributed by atoms with E-state index in [1.807, 2.05) is 53.1 Å². The van der Waals surface area contributed by atoms with Gasteiger partial charge in [0.15, 0.2) is 22.5 Å². The molecule has 36 heavy (non-hydrogen) atoms. The predicted octanol–water partition coefficient (Wildman–Crippen LogP) is 4.29. The third kappa shape index (κ3) is 5.49. The Hall–Kier alpha value is -4.31. The molecule has 0 atom stereocenters. The van der Waals surface area contributed by atoms with Crippen molar-refractivity contribution in [1.82, 2.24) is 20.2 Å². The molecule has 3 aromatic carbocycles. The smallest absolute Gasteiger partial charge is 0.250 e. The first-order valence-corrected chi connectivity index (χ1v) is 12.0. The first-order chi connectivity index (χ1) is 17.5. The minimum atomic E-state index is -0.315. The molecule has 9 nitrogen and oxygen atoms in total. The summed E-state index contributed by atoms with van der Waals surface area (Å²) in [6.07, 6.45) is 0. The molecule has 0 bridgehead atoms. The minimum Gasteiger partial charge on any atom is -0.507 e.